The first-order chi connectivity index (χ1) is 22.9. The van der Waals surface area contributed by atoms with E-state index in [9.17, 15) is 4.79 Å². The van der Waals surface area contributed by atoms with E-state index in [1.54, 1.807) is 25.1 Å². The molecular formula is C40H45NO6. The smallest absolute Gasteiger partial charge is 0.341 e. The third kappa shape index (κ3) is 9.26. The Balaban J connectivity index is 1.46. The molecule has 1 N–H and O–H groups in total. The molecule has 0 saturated carbocycles. The highest BCUT2D eigenvalue weighted by Gasteiger charge is 2.18. The largest absolute Gasteiger partial charge is 0.493 e. The van der Waals surface area contributed by atoms with Gasteiger partial charge in [0, 0.05) is 34.9 Å². The zero-order valence-corrected chi connectivity index (χ0v) is 28.1. The number of aryl methyl sites for hydroxylation is 1. The summed E-state index contributed by atoms with van der Waals surface area (Å²) >= 11 is 0. The minimum Gasteiger partial charge on any atom is -0.493 e. The monoisotopic (exact) mass is 635 g/mol. The Hall–Kier alpha value is -5.04. The molecule has 4 aromatic carbocycles. The lowest BCUT2D eigenvalue weighted by Crippen LogP contribution is -2.09. The Morgan fingerprint density at radius 2 is 1.45 bits per heavy atom. The van der Waals surface area contributed by atoms with Crippen molar-refractivity contribution in [2.24, 2.45) is 0 Å². The number of carbonyl (C=O) groups excluding carboxylic acids is 1. The number of benzene rings is 4. The van der Waals surface area contributed by atoms with Crippen molar-refractivity contribution >= 4 is 17.3 Å². The van der Waals surface area contributed by atoms with Crippen LogP contribution in [0, 0.1) is 5.41 Å². The first-order valence-electron chi connectivity index (χ1n) is 16.2. The van der Waals surface area contributed by atoms with E-state index in [1.807, 2.05) is 73.7 Å². The van der Waals surface area contributed by atoms with Crippen LogP contribution in [-0.4, -0.2) is 32.0 Å². The maximum absolute atomic E-state index is 12.3. The zero-order valence-electron chi connectivity index (χ0n) is 28.1. The summed E-state index contributed by atoms with van der Waals surface area (Å²) in [6, 6.07) is 26.8. The van der Waals surface area contributed by atoms with Gasteiger partial charge in [0.15, 0.2) is 0 Å². The molecule has 0 bridgehead atoms. The van der Waals surface area contributed by atoms with Crippen LogP contribution in [0.2, 0.25) is 0 Å². The summed E-state index contributed by atoms with van der Waals surface area (Å²) in [5, 5.41) is 8.34. The fourth-order valence-electron chi connectivity index (χ4n) is 5.30. The summed E-state index contributed by atoms with van der Waals surface area (Å²) in [7, 11) is 1.36. The lowest BCUT2D eigenvalue weighted by molar-refractivity contribution is 0.0598. The lowest BCUT2D eigenvalue weighted by Gasteiger charge is -2.19. The molecule has 0 aromatic heterocycles. The highest BCUT2D eigenvalue weighted by atomic mass is 16.5. The van der Waals surface area contributed by atoms with Gasteiger partial charge in [0.05, 0.1) is 20.3 Å². The van der Waals surface area contributed by atoms with Crippen LogP contribution in [0.25, 0.3) is 5.57 Å². The Morgan fingerprint density at radius 1 is 0.766 bits per heavy atom. The first-order valence-corrected chi connectivity index (χ1v) is 16.2. The fraction of sp³-hybridized carbons (Fsp3) is 0.300. The van der Waals surface area contributed by atoms with Crippen LogP contribution in [0.4, 0.5) is 0 Å². The van der Waals surface area contributed by atoms with Gasteiger partial charge in [0.1, 0.15) is 40.9 Å². The molecule has 0 aliphatic carbocycles. The van der Waals surface area contributed by atoms with E-state index in [-0.39, 0.29) is 0 Å². The van der Waals surface area contributed by atoms with Crippen molar-refractivity contribution in [1.82, 2.24) is 0 Å². The van der Waals surface area contributed by atoms with Crippen molar-refractivity contribution < 1.29 is 28.5 Å². The molecule has 0 aliphatic heterocycles. The normalized spacial score (nSPS) is 11.1. The number of methoxy groups -OCH3 is 1. The second kappa shape index (κ2) is 17.6. The second-order valence-corrected chi connectivity index (χ2v) is 11.0. The molecule has 0 saturated heterocycles. The van der Waals surface area contributed by atoms with E-state index in [2.05, 4.69) is 19.9 Å². The molecule has 0 fully saturated rings. The Kier molecular flexibility index (Phi) is 13.0. The highest BCUT2D eigenvalue weighted by molar-refractivity contribution is 6.21. The van der Waals surface area contributed by atoms with Gasteiger partial charge in [0.2, 0.25) is 0 Å². The Labute approximate surface area is 278 Å². The Bertz CT molecular complexity index is 1680. The van der Waals surface area contributed by atoms with Crippen LogP contribution in [0.1, 0.15) is 73.1 Å². The molecule has 0 spiro atoms. The summed E-state index contributed by atoms with van der Waals surface area (Å²) in [6.45, 7) is 9.26. The quantitative estimate of drug-likeness (QED) is 0.0706. The number of carbonyl (C=O) groups is 1. The molecule has 0 unspecified atom stereocenters. The van der Waals surface area contributed by atoms with Crippen molar-refractivity contribution in [3.63, 3.8) is 0 Å². The number of hydrogen-bond donors (Lipinski definition) is 1. The van der Waals surface area contributed by atoms with Gasteiger partial charge < -0.3 is 29.1 Å². The predicted octanol–water partition coefficient (Wildman–Crippen LogP) is 9.65. The van der Waals surface area contributed by atoms with Crippen LogP contribution in [0.15, 0.2) is 91.0 Å². The van der Waals surface area contributed by atoms with Crippen molar-refractivity contribution in [1.29, 1.82) is 5.41 Å². The second-order valence-electron chi connectivity index (χ2n) is 11.0. The van der Waals surface area contributed by atoms with Gasteiger partial charge in [-0.3, -0.25) is 0 Å². The van der Waals surface area contributed by atoms with Gasteiger partial charge in [-0.05, 0) is 68.1 Å². The van der Waals surface area contributed by atoms with E-state index in [0.29, 0.717) is 54.8 Å². The van der Waals surface area contributed by atoms with Crippen molar-refractivity contribution in [2.75, 3.05) is 20.3 Å². The number of allylic oxidation sites excluding steroid dienone is 2. The third-order valence-corrected chi connectivity index (χ3v) is 7.67. The molecule has 0 atom stereocenters. The summed E-state index contributed by atoms with van der Waals surface area (Å²) < 4.78 is 30.1. The standard InChI is InChI=1S/C40H45NO6/c1-6-16-32-35(21-14-22-36(32)47-37-20-13-12-19-33(37)40(42)43-5)44-23-15-24-45-38-26-39(46-27-29-17-10-9-11-18-29)34(25-30(38)7-2)31(8-3)28(4)41/h8-14,17-22,25-26,41H,6-7,15-16,23-24,27H2,1-5H3/b31-8-,41-28?. The van der Waals surface area contributed by atoms with Crippen molar-refractivity contribution in [3.8, 4) is 28.7 Å². The molecule has 4 aromatic rings. The van der Waals surface area contributed by atoms with E-state index in [0.717, 1.165) is 58.6 Å². The third-order valence-electron chi connectivity index (χ3n) is 7.67. The highest BCUT2D eigenvalue weighted by Crippen LogP contribution is 2.36. The number of hydrogen-bond acceptors (Lipinski definition) is 7. The fourth-order valence-corrected chi connectivity index (χ4v) is 5.30. The molecule has 47 heavy (non-hydrogen) atoms. The molecule has 7 heteroatoms. The van der Waals surface area contributed by atoms with E-state index in [4.69, 9.17) is 29.1 Å². The average molecular weight is 636 g/mol. The first kappa shape index (κ1) is 34.8. The molecular weight excluding hydrogens is 590 g/mol. The minimum atomic E-state index is -0.451. The summed E-state index contributed by atoms with van der Waals surface area (Å²) in [6.07, 6.45) is 5.04. The van der Waals surface area contributed by atoms with Gasteiger partial charge >= 0.3 is 5.97 Å². The SMILES string of the molecule is C/C=C(/C(C)=N)c1cc(CC)c(OCCCOc2cccc(Oc3ccccc3C(=O)OC)c2CCC)cc1OCc1ccccc1. The van der Waals surface area contributed by atoms with E-state index >= 15 is 0 Å². The molecule has 246 valence electrons. The topological polar surface area (TPSA) is 87.1 Å². The van der Waals surface area contributed by atoms with Crippen LogP contribution in [0.5, 0.6) is 28.7 Å². The molecule has 7 nitrogen and oxygen atoms in total. The van der Waals surface area contributed by atoms with Gasteiger partial charge in [-0.1, -0.05) is 74.9 Å². The van der Waals surface area contributed by atoms with Gasteiger partial charge in [-0.2, -0.15) is 0 Å². The maximum Gasteiger partial charge on any atom is 0.341 e. The summed E-state index contributed by atoms with van der Waals surface area (Å²) in [4.78, 5) is 12.3. The van der Waals surface area contributed by atoms with Crippen LogP contribution in [0.3, 0.4) is 0 Å². The summed E-state index contributed by atoms with van der Waals surface area (Å²) in [5.74, 6) is 2.83. The molecule has 0 amide bonds. The Morgan fingerprint density at radius 3 is 2.13 bits per heavy atom. The number of esters is 1. The maximum atomic E-state index is 12.3. The van der Waals surface area contributed by atoms with Crippen LogP contribution in [-0.2, 0) is 24.2 Å². The van der Waals surface area contributed by atoms with Crippen LogP contribution >= 0.6 is 0 Å². The minimum absolute atomic E-state index is 0.365. The van der Waals surface area contributed by atoms with Gasteiger partial charge in [-0.15, -0.1) is 0 Å². The molecule has 4 rings (SSSR count). The molecule has 0 heterocycles. The number of rotatable bonds is 17. The van der Waals surface area contributed by atoms with E-state index < -0.39 is 5.97 Å². The number of nitrogens with one attached hydrogen (secondary N) is 1. The van der Waals surface area contributed by atoms with Gasteiger partial charge in [0.25, 0.3) is 0 Å². The van der Waals surface area contributed by atoms with Crippen molar-refractivity contribution in [2.45, 2.75) is 60.0 Å². The average Bonchev–Trinajstić information content (AvgIpc) is 3.09. The predicted molar refractivity (Wildman–Crippen MR) is 188 cm³/mol. The molecule has 0 radical (unpaired) electrons. The van der Waals surface area contributed by atoms with Gasteiger partial charge in [-0.25, -0.2) is 4.79 Å². The summed E-state index contributed by atoms with van der Waals surface area (Å²) in [5.41, 5.74) is 5.64. The van der Waals surface area contributed by atoms with Crippen LogP contribution < -0.4 is 18.9 Å². The number of ether oxygens (including phenoxy) is 5. The lowest BCUT2D eigenvalue weighted by atomic mass is 9.97. The van der Waals surface area contributed by atoms with Crippen molar-refractivity contribution in [3.05, 3.63) is 119 Å². The zero-order chi connectivity index (χ0) is 33.6. The van der Waals surface area contributed by atoms with E-state index in [1.165, 1.54) is 7.11 Å². The molecule has 0 aliphatic rings. The number of para-hydroxylation sites is 1.